The summed E-state index contributed by atoms with van der Waals surface area (Å²) in [4.78, 5) is 19.0. The van der Waals surface area contributed by atoms with Crippen molar-refractivity contribution in [1.82, 2.24) is 25.0 Å². The maximum atomic E-state index is 12.2. The van der Waals surface area contributed by atoms with Crippen molar-refractivity contribution >= 4 is 17.2 Å². The second kappa shape index (κ2) is 7.25. The van der Waals surface area contributed by atoms with Crippen LogP contribution in [0.2, 0.25) is 0 Å². The molecule has 1 fully saturated rings. The Hall–Kier alpha value is -1.73. The van der Waals surface area contributed by atoms with Gasteiger partial charge in [0.1, 0.15) is 5.69 Å². The fraction of sp³-hybridized carbons (Fsp3) is 0.611. The third-order valence-electron chi connectivity index (χ3n) is 5.36. The first-order valence-corrected chi connectivity index (χ1v) is 10.1. The number of rotatable bonds is 5. The number of aryl methyl sites for hydroxylation is 1. The van der Waals surface area contributed by atoms with Crippen LogP contribution in [0.1, 0.15) is 59.3 Å². The summed E-state index contributed by atoms with van der Waals surface area (Å²) in [5, 5.41) is 10.3. The van der Waals surface area contributed by atoms with E-state index < -0.39 is 0 Å². The zero-order valence-electron chi connectivity index (χ0n) is 14.6. The van der Waals surface area contributed by atoms with Gasteiger partial charge in [-0.1, -0.05) is 12.8 Å². The number of fused-ring (bicyclic) bond motifs is 1. The number of carbonyl (C=O) groups is 1. The molecule has 6 nitrogen and oxygen atoms in total. The van der Waals surface area contributed by atoms with Crippen LogP contribution in [0.3, 0.4) is 0 Å². The molecule has 0 saturated heterocycles. The zero-order chi connectivity index (χ0) is 17.2. The summed E-state index contributed by atoms with van der Waals surface area (Å²) in [6.45, 7) is 4.61. The van der Waals surface area contributed by atoms with Crippen molar-refractivity contribution in [3.05, 3.63) is 34.0 Å². The number of hydrogen-bond acceptors (Lipinski definition) is 5. The molecule has 1 aliphatic carbocycles. The predicted octanol–water partition coefficient (Wildman–Crippen LogP) is 2.77. The first kappa shape index (κ1) is 16.7. The summed E-state index contributed by atoms with van der Waals surface area (Å²) in [6, 6.07) is 3.18. The fourth-order valence-electron chi connectivity index (χ4n) is 4.09. The summed E-state index contributed by atoms with van der Waals surface area (Å²) in [6.07, 6.45) is 8.15. The number of nitrogens with zero attached hydrogens (tertiary/aromatic N) is 4. The average Bonchev–Trinajstić information content (AvgIpc) is 3.35. The van der Waals surface area contributed by atoms with Gasteiger partial charge >= 0.3 is 0 Å². The molecular formula is C18H25N5OS. The van der Waals surface area contributed by atoms with Gasteiger partial charge in [-0.3, -0.25) is 14.4 Å². The SMILES string of the molecule is Cc1nc(C(=O)NCCC2CN(C3CCCC3)Cc3ccnn32)cs1. The molecule has 7 heteroatoms. The van der Waals surface area contributed by atoms with E-state index in [0.717, 1.165) is 30.6 Å². The Morgan fingerprint density at radius 2 is 2.24 bits per heavy atom. The van der Waals surface area contributed by atoms with E-state index in [1.54, 1.807) is 0 Å². The summed E-state index contributed by atoms with van der Waals surface area (Å²) in [5.74, 6) is -0.0755. The Morgan fingerprint density at radius 1 is 1.40 bits per heavy atom. The highest BCUT2D eigenvalue weighted by Gasteiger charge is 2.31. The number of nitrogens with one attached hydrogen (secondary N) is 1. The monoisotopic (exact) mass is 359 g/mol. The maximum Gasteiger partial charge on any atom is 0.270 e. The van der Waals surface area contributed by atoms with Gasteiger partial charge in [0.25, 0.3) is 5.91 Å². The van der Waals surface area contributed by atoms with Crippen LogP contribution in [-0.4, -0.2) is 44.7 Å². The maximum absolute atomic E-state index is 12.2. The van der Waals surface area contributed by atoms with Gasteiger partial charge in [-0.05, 0) is 32.3 Å². The van der Waals surface area contributed by atoms with Gasteiger partial charge in [-0.25, -0.2) is 4.98 Å². The van der Waals surface area contributed by atoms with Gasteiger partial charge in [0, 0.05) is 37.3 Å². The number of thiazole rings is 1. The molecule has 1 saturated carbocycles. The first-order chi connectivity index (χ1) is 12.2. The molecule has 0 bridgehead atoms. The Bertz CT molecular complexity index is 733. The summed E-state index contributed by atoms with van der Waals surface area (Å²) >= 11 is 1.51. The molecule has 25 heavy (non-hydrogen) atoms. The minimum atomic E-state index is -0.0755. The van der Waals surface area contributed by atoms with Crippen LogP contribution in [0.5, 0.6) is 0 Å². The third-order valence-corrected chi connectivity index (χ3v) is 6.14. The van der Waals surface area contributed by atoms with Gasteiger partial charge in [-0.2, -0.15) is 5.10 Å². The van der Waals surface area contributed by atoms with Crippen LogP contribution < -0.4 is 5.32 Å². The quantitative estimate of drug-likeness (QED) is 0.892. The van der Waals surface area contributed by atoms with E-state index in [1.165, 1.54) is 42.7 Å². The number of hydrogen-bond donors (Lipinski definition) is 1. The molecule has 1 atom stereocenters. The van der Waals surface area contributed by atoms with E-state index in [-0.39, 0.29) is 5.91 Å². The fourth-order valence-corrected chi connectivity index (χ4v) is 4.68. The van der Waals surface area contributed by atoms with E-state index in [1.807, 2.05) is 18.5 Å². The topological polar surface area (TPSA) is 63.1 Å². The van der Waals surface area contributed by atoms with Crippen LogP contribution in [0.25, 0.3) is 0 Å². The highest BCUT2D eigenvalue weighted by molar-refractivity contribution is 7.09. The number of aromatic nitrogens is 3. The molecule has 2 aromatic heterocycles. The van der Waals surface area contributed by atoms with Crippen LogP contribution in [0.15, 0.2) is 17.6 Å². The van der Waals surface area contributed by atoms with Crippen LogP contribution in [-0.2, 0) is 6.54 Å². The van der Waals surface area contributed by atoms with E-state index in [2.05, 4.69) is 31.0 Å². The normalized spacial score (nSPS) is 21.4. The Kier molecular flexibility index (Phi) is 4.85. The van der Waals surface area contributed by atoms with Crippen molar-refractivity contribution in [2.45, 2.75) is 57.7 Å². The third kappa shape index (κ3) is 3.62. The smallest absolute Gasteiger partial charge is 0.270 e. The molecule has 1 amide bonds. The lowest BCUT2D eigenvalue weighted by atomic mass is 10.1. The van der Waals surface area contributed by atoms with Gasteiger partial charge < -0.3 is 5.32 Å². The minimum absolute atomic E-state index is 0.0755. The molecule has 4 rings (SSSR count). The summed E-state index contributed by atoms with van der Waals surface area (Å²) in [7, 11) is 0. The molecule has 1 N–H and O–H groups in total. The second-order valence-electron chi connectivity index (χ2n) is 7.09. The van der Waals surface area contributed by atoms with Crippen LogP contribution >= 0.6 is 11.3 Å². The van der Waals surface area contributed by atoms with Crippen LogP contribution in [0.4, 0.5) is 0 Å². The lowest BCUT2D eigenvalue weighted by molar-refractivity contribution is 0.0935. The van der Waals surface area contributed by atoms with E-state index in [9.17, 15) is 4.79 Å². The highest BCUT2D eigenvalue weighted by atomic mass is 32.1. The van der Waals surface area contributed by atoms with Crippen molar-refractivity contribution in [3.63, 3.8) is 0 Å². The van der Waals surface area contributed by atoms with Crippen molar-refractivity contribution in [1.29, 1.82) is 0 Å². The zero-order valence-corrected chi connectivity index (χ0v) is 15.5. The molecule has 1 unspecified atom stereocenters. The van der Waals surface area contributed by atoms with Crippen molar-refractivity contribution < 1.29 is 4.79 Å². The number of carbonyl (C=O) groups excluding carboxylic acids is 1. The van der Waals surface area contributed by atoms with Crippen molar-refractivity contribution in [2.24, 2.45) is 0 Å². The highest BCUT2D eigenvalue weighted by Crippen LogP contribution is 2.30. The minimum Gasteiger partial charge on any atom is -0.351 e. The first-order valence-electron chi connectivity index (χ1n) is 9.17. The second-order valence-corrected chi connectivity index (χ2v) is 8.15. The molecule has 3 heterocycles. The van der Waals surface area contributed by atoms with Crippen molar-refractivity contribution in [3.8, 4) is 0 Å². The van der Waals surface area contributed by atoms with E-state index >= 15 is 0 Å². The lowest BCUT2D eigenvalue weighted by Gasteiger charge is -2.37. The van der Waals surface area contributed by atoms with Crippen molar-refractivity contribution in [2.75, 3.05) is 13.1 Å². The Balaban J connectivity index is 1.36. The predicted molar refractivity (Wildman–Crippen MR) is 97.7 cm³/mol. The largest absolute Gasteiger partial charge is 0.351 e. The summed E-state index contributed by atoms with van der Waals surface area (Å²) < 4.78 is 2.16. The standard InChI is InChI=1S/C18H25N5OS/c1-13-21-17(12-25-13)18(24)19-8-6-15-10-22(14-4-2-3-5-14)11-16-7-9-20-23(15)16/h7,9,12,14-15H,2-6,8,10-11H2,1H3,(H,19,24). The number of amides is 1. The lowest BCUT2D eigenvalue weighted by Crippen LogP contribution is -2.43. The average molecular weight is 359 g/mol. The molecule has 2 aromatic rings. The molecule has 2 aliphatic rings. The molecule has 0 radical (unpaired) electrons. The Labute approximate surface area is 152 Å². The van der Waals surface area contributed by atoms with E-state index in [0.29, 0.717) is 18.3 Å². The van der Waals surface area contributed by atoms with Crippen LogP contribution in [0, 0.1) is 6.92 Å². The van der Waals surface area contributed by atoms with Gasteiger partial charge in [0.2, 0.25) is 0 Å². The van der Waals surface area contributed by atoms with Gasteiger partial charge in [-0.15, -0.1) is 11.3 Å². The van der Waals surface area contributed by atoms with Gasteiger partial charge in [0.15, 0.2) is 0 Å². The Morgan fingerprint density at radius 3 is 3.00 bits per heavy atom. The van der Waals surface area contributed by atoms with E-state index in [4.69, 9.17) is 0 Å². The molecule has 134 valence electrons. The molecular weight excluding hydrogens is 334 g/mol. The molecule has 1 aliphatic heterocycles. The summed E-state index contributed by atoms with van der Waals surface area (Å²) in [5.41, 5.74) is 1.82. The molecule has 0 aromatic carbocycles. The van der Waals surface area contributed by atoms with Gasteiger partial charge in [0.05, 0.1) is 16.7 Å². The molecule has 0 spiro atoms.